The van der Waals surface area contributed by atoms with Gasteiger partial charge in [0.2, 0.25) is 17.7 Å². The molecule has 0 saturated carbocycles. The van der Waals surface area contributed by atoms with Gasteiger partial charge in [-0.3, -0.25) is 28.8 Å². The Morgan fingerprint density at radius 3 is 1.04 bits per heavy atom. The molecule has 3 aromatic rings. The minimum atomic E-state index is -2.35. The first-order valence-corrected chi connectivity index (χ1v) is 52.5. The number of carbonyl (C=O) groups excluding carboxylic acids is 6. The van der Waals surface area contributed by atoms with Crippen molar-refractivity contribution >= 4 is 104 Å². The monoisotopic (exact) mass is 1760 g/mol. The van der Waals surface area contributed by atoms with Gasteiger partial charge in [-0.05, 0) is 190 Å². The van der Waals surface area contributed by atoms with Gasteiger partial charge in [0.1, 0.15) is 17.3 Å². The number of rotatable bonds is 10. The predicted molar refractivity (Wildman–Crippen MR) is 493 cm³/mol. The molecule has 9 heterocycles. The number of hydrogen-bond acceptors (Lipinski definition) is 21. The Morgan fingerprint density at radius 2 is 0.742 bits per heavy atom. The van der Waals surface area contributed by atoms with E-state index in [0.717, 1.165) is 107 Å². The average Bonchev–Trinajstić information content (AvgIpc) is 1.61. The topological polar surface area (TPSA) is 314 Å². The summed E-state index contributed by atoms with van der Waals surface area (Å²) < 4.78 is 32.4. The highest BCUT2D eigenvalue weighted by Crippen LogP contribution is 2.50. The van der Waals surface area contributed by atoms with Crippen molar-refractivity contribution in [1.29, 1.82) is 0 Å². The number of aliphatic hydroxyl groups is 4. The van der Waals surface area contributed by atoms with Crippen molar-refractivity contribution in [2.24, 2.45) is 51.8 Å². The molecule has 680 valence electrons. The Balaban J connectivity index is 0.000000279. The fraction of sp³-hybridized carbons (Fsp3) is 0.777. The molecule has 0 aliphatic carbocycles. The van der Waals surface area contributed by atoms with Crippen LogP contribution >= 0.6 is 34.0 Å². The molecular weight excluding hydrogens is 1610 g/mol. The van der Waals surface area contributed by atoms with Crippen LogP contribution in [0.15, 0.2) is 32.9 Å². The summed E-state index contributed by atoms with van der Waals surface area (Å²) in [5.41, 5.74) is 1.62. The zero-order valence-electron chi connectivity index (χ0n) is 78.3. The molecule has 3 amide bonds. The molecule has 21 nitrogen and oxygen atoms in total. The highest BCUT2D eigenvalue weighted by molar-refractivity contribution is 7.10. The van der Waals surface area contributed by atoms with Gasteiger partial charge in [0, 0.05) is 58.6 Å². The second kappa shape index (κ2) is 41.1. The van der Waals surface area contributed by atoms with E-state index in [1.54, 1.807) is 68.6 Å². The number of thiazole rings is 3. The van der Waals surface area contributed by atoms with Crippen molar-refractivity contribution < 1.29 is 72.3 Å². The number of aryl methyl sites for hydroxylation is 3. The fourth-order valence-corrected chi connectivity index (χ4v) is 21.6. The Bertz CT molecular complexity index is 4070. The van der Waals surface area contributed by atoms with Crippen LogP contribution in [-0.2, 0) is 51.8 Å². The number of nitrogens with one attached hydrogen (secondary N) is 3. The van der Waals surface area contributed by atoms with Crippen molar-refractivity contribution in [1.82, 2.24) is 30.9 Å². The SMILES string of the molecule is C.C/C(=C\c1csc(C)n1)[C@@H]1C[C@@H]2O[C@]2(C)CCC[C@H](C)C(O[Si](C)(C)C(C)(C)C)[C@@H](C)C(=O)C(C)(C)[C@@H](O)CC(=O)N1.C/C(=C\c1csc(C)n1)[C@@H]1C[C@@H]2O[C@]2(C)CCC[C@H](C)[C@H](O)[C@@H](C)C(=O)C(C)(C)[C@@H](O)CC(=O)N1.C/C(=C\c1csc(C)n1)[C@@H]1C[C@@H]2O[C@]2(C)CCC[C@H](C)[C@H](O)[C@@H](C)C(=O)C(C)(C)[C@@H](O[Si](C)(C)C(C)(C)C)CC(=O)N1. The summed E-state index contributed by atoms with van der Waals surface area (Å²) in [6.07, 6.45) is 11.0. The number of fused-ring (bicyclic) bond motifs is 3. The standard InChI is InChI=1S/2C33H56N2O5SSi.C27H42N2O5S.CH4/c1-20-14-13-15-33(10)27(39-33)17-25(21(2)16-24-19-41-23(4)34-24)35-28(36)18-26(40-42(11,12)31(5,6)7)32(8,9)30(38)22(3)29(20)37;1-20-14-13-15-33(10)27(39-33)17-25(21(2)16-24-19-41-23(4)34-24)35-28(37)18-26(36)32(8,9)30(38)22(3)29(20)40-42(11,12)31(5,6)7;1-15-9-8-10-27(7)22(34-27)12-20(16(2)11-19-14-35-18(4)28-19)29-23(31)13-21(30)26(5,6)25(33)17(3)24(15)32;/h16,19-20,22,25-27,29,37H,13-15,17-18H2,1-12H3,(H,35,36);16,19-20,22,25-27,29,36H,13-15,17-18H2,1-12H3,(H,35,37);11,14-15,17,20-22,24,30,32H,8-10,12-13H2,1-7H3,(H,29,31);1H4/b2*21-16+;16-11+;/t20-,22+,25-,26-,27-,29-,33+;20-,22+,25-,26-,27-,29?,33+;15-,17+,20-,21-,22-,24-,27+;/m000./s1. The second-order valence-corrected chi connectivity index (χ2v) is 54.6. The molecule has 6 fully saturated rings. The third kappa shape index (κ3) is 27.1. The van der Waals surface area contributed by atoms with Crippen molar-refractivity contribution in [3.8, 4) is 0 Å². The van der Waals surface area contributed by atoms with E-state index in [2.05, 4.69) is 126 Å². The summed E-state index contributed by atoms with van der Waals surface area (Å²) in [5, 5.41) is 62.7. The van der Waals surface area contributed by atoms with Crippen LogP contribution in [-0.4, -0.2) is 177 Å². The Hall–Kier alpha value is -4.40. The lowest BCUT2D eigenvalue weighted by Crippen LogP contribution is -2.53. The number of amides is 3. The second-order valence-electron chi connectivity index (χ2n) is 41.9. The highest BCUT2D eigenvalue weighted by atomic mass is 32.1. The maximum atomic E-state index is 14.1. The first kappa shape index (κ1) is 104. The first-order valence-electron chi connectivity index (χ1n) is 44.0. The molecule has 7 N–H and O–H groups in total. The van der Waals surface area contributed by atoms with Crippen molar-refractivity contribution in [3.63, 3.8) is 0 Å². The molecule has 6 aliphatic heterocycles. The van der Waals surface area contributed by atoms with Gasteiger partial charge in [-0.2, -0.15) is 0 Å². The third-order valence-electron chi connectivity index (χ3n) is 28.6. The van der Waals surface area contributed by atoms with Gasteiger partial charge in [-0.25, -0.2) is 15.0 Å². The van der Waals surface area contributed by atoms with Gasteiger partial charge in [-0.15, -0.1) is 34.0 Å². The fourth-order valence-electron chi connectivity index (χ4n) is 17.0. The van der Waals surface area contributed by atoms with E-state index in [-0.39, 0.29) is 149 Å². The van der Waals surface area contributed by atoms with E-state index in [1.807, 2.05) is 117 Å². The summed E-state index contributed by atoms with van der Waals surface area (Å²) >= 11 is 4.78. The van der Waals surface area contributed by atoms with Crippen molar-refractivity contribution in [3.05, 3.63) is 65.0 Å². The maximum absolute atomic E-state index is 14.1. The van der Waals surface area contributed by atoms with E-state index < -0.39 is 81.2 Å². The number of Topliss-reactive ketones (excluding diaryl/α,β-unsaturated/α-hetero) is 3. The number of nitrogens with zero attached hydrogens (tertiary/aromatic N) is 3. The number of ether oxygens (including phenoxy) is 3. The molecule has 3 aromatic heterocycles. The van der Waals surface area contributed by atoms with E-state index >= 15 is 0 Å². The van der Waals surface area contributed by atoms with E-state index in [1.165, 1.54) is 0 Å². The lowest BCUT2D eigenvalue weighted by molar-refractivity contribution is -0.144. The molecule has 0 aromatic carbocycles. The summed E-state index contributed by atoms with van der Waals surface area (Å²) in [4.78, 5) is 95.3. The van der Waals surface area contributed by atoms with Crippen LogP contribution in [0, 0.1) is 72.5 Å². The van der Waals surface area contributed by atoms with Crippen LogP contribution in [0.5, 0.6) is 0 Å². The molecule has 0 radical (unpaired) electrons. The molecule has 6 aliphatic rings. The molecule has 6 saturated heterocycles. The van der Waals surface area contributed by atoms with Gasteiger partial charge < -0.3 is 59.4 Å². The van der Waals surface area contributed by atoms with Crippen LogP contribution in [0.2, 0.25) is 36.3 Å². The molecule has 1 unspecified atom stereocenters. The van der Waals surface area contributed by atoms with Crippen LogP contribution in [0.3, 0.4) is 0 Å². The third-order valence-corrected chi connectivity index (χ3v) is 39.9. The van der Waals surface area contributed by atoms with Crippen LogP contribution in [0.4, 0.5) is 0 Å². The summed E-state index contributed by atoms with van der Waals surface area (Å²) in [6.45, 7) is 62.5. The van der Waals surface area contributed by atoms with E-state index in [4.69, 9.17) is 23.1 Å². The molecule has 0 spiro atoms. The normalized spacial score (nSPS) is 34.8. The quantitative estimate of drug-likeness (QED) is 0.0732. The number of aromatic nitrogens is 3. The Morgan fingerprint density at radius 1 is 0.458 bits per heavy atom. The molecule has 120 heavy (non-hydrogen) atoms. The Labute approximate surface area is 735 Å². The summed E-state index contributed by atoms with van der Waals surface area (Å²) in [6, 6.07) is -0.758. The zero-order chi connectivity index (χ0) is 89.8. The van der Waals surface area contributed by atoms with Crippen LogP contribution in [0.1, 0.15) is 302 Å². The van der Waals surface area contributed by atoms with E-state index in [9.17, 15) is 49.2 Å². The number of ketones is 3. The van der Waals surface area contributed by atoms with Crippen LogP contribution < -0.4 is 16.0 Å². The lowest BCUT2D eigenvalue weighted by Gasteiger charge is -2.44. The number of epoxide rings is 3. The van der Waals surface area contributed by atoms with Gasteiger partial charge in [0.05, 0.1) is 152 Å². The molecule has 0 bridgehead atoms. The highest BCUT2D eigenvalue weighted by Gasteiger charge is 2.57. The number of hydrogen-bond donors (Lipinski definition) is 7. The van der Waals surface area contributed by atoms with E-state index in [0.29, 0.717) is 19.3 Å². The van der Waals surface area contributed by atoms with Gasteiger partial charge in [0.15, 0.2) is 16.6 Å². The zero-order valence-corrected chi connectivity index (χ0v) is 82.8. The van der Waals surface area contributed by atoms with Crippen molar-refractivity contribution in [2.45, 2.75) is 417 Å². The lowest BCUT2D eigenvalue weighted by atomic mass is 9.72. The molecule has 21 atom stereocenters. The largest absolute Gasteiger partial charge is 0.413 e. The minimum absolute atomic E-state index is 0. The molecule has 9 rings (SSSR count). The van der Waals surface area contributed by atoms with Crippen molar-refractivity contribution in [2.75, 3.05) is 0 Å². The van der Waals surface area contributed by atoms with Gasteiger partial charge in [-0.1, -0.05) is 151 Å². The summed E-state index contributed by atoms with van der Waals surface area (Å²) in [7, 11) is -4.53. The number of carbonyl (C=O) groups is 6. The van der Waals surface area contributed by atoms with Gasteiger partial charge in [0.25, 0.3) is 0 Å². The smallest absolute Gasteiger partial charge is 0.223 e. The number of aliphatic hydroxyl groups excluding tert-OH is 4. The Kier molecular flexibility index (Phi) is 35.8. The molecule has 26 heteroatoms. The predicted octanol–water partition coefficient (Wildman–Crippen LogP) is 18.8. The minimum Gasteiger partial charge on any atom is -0.413 e. The first-order chi connectivity index (χ1) is 54.6. The maximum Gasteiger partial charge on any atom is 0.223 e. The summed E-state index contributed by atoms with van der Waals surface area (Å²) in [5.74, 6) is -2.66. The van der Waals surface area contributed by atoms with Gasteiger partial charge >= 0.3 is 0 Å². The molecular formula is C94H158N6O15S3Si2. The van der Waals surface area contributed by atoms with Crippen LogP contribution in [0.25, 0.3) is 18.2 Å². The average molecular weight is 1760 g/mol.